The van der Waals surface area contributed by atoms with E-state index in [1.54, 1.807) is 0 Å². The Balaban J connectivity index is 1.37. The summed E-state index contributed by atoms with van der Waals surface area (Å²) in [6.07, 6.45) is 2.77. The van der Waals surface area contributed by atoms with Gasteiger partial charge in [0, 0.05) is 11.8 Å². The first-order chi connectivity index (χ1) is 16.2. The van der Waals surface area contributed by atoms with Crippen LogP contribution in [-0.4, -0.2) is 11.5 Å². The third-order valence-corrected chi connectivity index (χ3v) is 5.86. The second-order valence-electron chi connectivity index (χ2n) is 8.25. The molecule has 1 aliphatic heterocycles. The van der Waals surface area contributed by atoms with Crippen LogP contribution in [0.25, 0.3) is 16.7 Å². The average molecular weight is 428 g/mol. The number of hydrogen-bond acceptors (Lipinski definition) is 2. The van der Waals surface area contributed by atoms with Crippen molar-refractivity contribution in [3.05, 3.63) is 132 Å². The van der Waals surface area contributed by atoms with Crippen LogP contribution >= 0.6 is 0 Å². The van der Waals surface area contributed by atoms with Gasteiger partial charge in [-0.3, -0.25) is 4.99 Å². The fraction of sp³-hybridized carbons (Fsp3) is 0.0667. The predicted octanol–water partition coefficient (Wildman–Crippen LogP) is 6.74. The molecule has 33 heavy (non-hydrogen) atoms. The highest BCUT2D eigenvalue weighted by Gasteiger charge is 2.20. The van der Waals surface area contributed by atoms with Crippen molar-refractivity contribution in [3.8, 4) is 11.1 Å². The molecule has 2 N–H and O–H groups in total. The summed E-state index contributed by atoms with van der Waals surface area (Å²) in [4.78, 5) is 9.08. The Hall–Kier alpha value is -4.24. The second kappa shape index (κ2) is 9.09. The highest BCUT2D eigenvalue weighted by atomic mass is 14.9. The molecule has 3 nitrogen and oxygen atoms in total. The molecule has 0 saturated carbocycles. The maximum atomic E-state index is 6.37. The zero-order chi connectivity index (χ0) is 22.6. The van der Waals surface area contributed by atoms with E-state index >= 15 is 0 Å². The van der Waals surface area contributed by atoms with E-state index in [0.717, 1.165) is 34.5 Å². The van der Waals surface area contributed by atoms with Gasteiger partial charge >= 0.3 is 0 Å². The molecular weight excluding hydrogens is 402 g/mol. The lowest BCUT2D eigenvalue weighted by Gasteiger charge is -2.18. The first kappa shape index (κ1) is 20.7. The molecule has 0 aliphatic carbocycles. The zero-order valence-electron chi connectivity index (χ0n) is 18.6. The van der Waals surface area contributed by atoms with E-state index in [0.29, 0.717) is 5.84 Å². The molecule has 0 bridgehead atoms. The molecule has 0 aromatic heterocycles. The highest BCUT2D eigenvalue weighted by Crippen LogP contribution is 2.28. The van der Waals surface area contributed by atoms with E-state index in [2.05, 4.69) is 89.7 Å². The van der Waals surface area contributed by atoms with Crippen LogP contribution in [0.4, 0.5) is 5.69 Å². The van der Waals surface area contributed by atoms with Gasteiger partial charge in [-0.25, -0.2) is 4.99 Å². The Labute approximate surface area is 194 Å². The van der Waals surface area contributed by atoms with Crippen molar-refractivity contribution in [1.29, 1.82) is 0 Å². The molecule has 160 valence electrons. The van der Waals surface area contributed by atoms with E-state index < -0.39 is 0 Å². The van der Waals surface area contributed by atoms with Crippen molar-refractivity contribution in [2.45, 2.75) is 13.3 Å². The molecule has 4 aromatic carbocycles. The van der Waals surface area contributed by atoms with Crippen LogP contribution in [-0.2, 0) is 6.42 Å². The van der Waals surface area contributed by atoms with Crippen molar-refractivity contribution in [2.24, 2.45) is 15.7 Å². The van der Waals surface area contributed by atoms with Crippen molar-refractivity contribution in [1.82, 2.24) is 0 Å². The van der Waals surface area contributed by atoms with Crippen LogP contribution < -0.4 is 5.73 Å². The fourth-order valence-electron chi connectivity index (χ4n) is 4.11. The maximum absolute atomic E-state index is 6.37. The van der Waals surface area contributed by atoms with Crippen LogP contribution in [0.3, 0.4) is 0 Å². The minimum Gasteiger partial charge on any atom is -0.382 e. The summed E-state index contributed by atoms with van der Waals surface area (Å²) in [5, 5.41) is 0. The number of nitrogens with two attached hydrogens (primary N) is 1. The topological polar surface area (TPSA) is 50.7 Å². The van der Waals surface area contributed by atoms with E-state index in [1.807, 2.05) is 36.5 Å². The summed E-state index contributed by atoms with van der Waals surface area (Å²) >= 11 is 0. The van der Waals surface area contributed by atoms with Gasteiger partial charge in [-0.1, -0.05) is 91.0 Å². The zero-order valence-corrected chi connectivity index (χ0v) is 18.6. The number of amidine groups is 1. The molecular formula is C30H25N3. The van der Waals surface area contributed by atoms with E-state index in [-0.39, 0.29) is 0 Å². The largest absolute Gasteiger partial charge is 0.382 e. The number of aryl methyl sites for hydroxylation is 1. The lowest BCUT2D eigenvalue weighted by molar-refractivity contribution is 1.19. The molecule has 0 unspecified atom stereocenters. The second-order valence-corrected chi connectivity index (χ2v) is 8.25. The van der Waals surface area contributed by atoms with Crippen LogP contribution in [0.1, 0.15) is 22.3 Å². The molecule has 1 aliphatic rings. The van der Waals surface area contributed by atoms with Gasteiger partial charge in [0.1, 0.15) is 5.71 Å². The molecule has 0 atom stereocenters. The maximum Gasteiger partial charge on any atom is 0.150 e. The monoisotopic (exact) mass is 427 g/mol. The van der Waals surface area contributed by atoms with E-state index in [9.17, 15) is 0 Å². The highest BCUT2D eigenvalue weighted by molar-refractivity contribution is 6.59. The molecule has 0 radical (unpaired) electrons. The molecule has 0 saturated heterocycles. The van der Waals surface area contributed by atoms with Crippen molar-refractivity contribution in [3.63, 3.8) is 0 Å². The van der Waals surface area contributed by atoms with Gasteiger partial charge in [0.25, 0.3) is 0 Å². The van der Waals surface area contributed by atoms with Crippen molar-refractivity contribution in [2.75, 3.05) is 0 Å². The van der Waals surface area contributed by atoms with Crippen LogP contribution in [0.5, 0.6) is 0 Å². The number of nitrogens with zero attached hydrogens (tertiary/aromatic N) is 2. The van der Waals surface area contributed by atoms with Crippen LogP contribution in [0, 0.1) is 6.92 Å². The lowest BCUT2D eigenvalue weighted by atomic mass is 9.94. The molecule has 1 heterocycles. The Bertz CT molecular complexity index is 1390. The molecule has 4 aromatic rings. The third-order valence-electron chi connectivity index (χ3n) is 5.86. The number of hydrogen-bond donors (Lipinski definition) is 1. The van der Waals surface area contributed by atoms with Crippen LogP contribution in [0.15, 0.2) is 119 Å². The first-order valence-electron chi connectivity index (χ1n) is 11.1. The van der Waals surface area contributed by atoms with Crippen molar-refractivity contribution < 1.29 is 0 Å². The van der Waals surface area contributed by atoms with Gasteiger partial charge < -0.3 is 5.73 Å². The lowest BCUT2D eigenvalue weighted by Crippen LogP contribution is -2.28. The van der Waals surface area contributed by atoms with Gasteiger partial charge in [0.2, 0.25) is 0 Å². The molecule has 5 rings (SSSR count). The third kappa shape index (κ3) is 4.53. The molecule has 0 fully saturated rings. The van der Waals surface area contributed by atoms with Gasteiger partial charge in [-0.05, 0) is 58.9 Å². The standard InChI is InChI=1S/C30H25N3/c1-21-9-5-6-16-27(21)28-20-32-29(28)30(31)33-26-15-8-14-25(19-26)24-13-7-12-23(18-24)17-22-10-3-2-4-11-22/h2-16,18-20H,17H2,1H3,(H2,31,33). The van der Waals surface area contributed by atoms with E-state index in [1.165, 1.54) is 22.3 Å². The minimum atomic E-state index is 0.436. The SMILES string of the molecule is Cc1ccccc1C1=CN=C1C(N)=Nc1cccc(-c2cccc(Cc3ccccc3)c2)c1. The summed E-state index contributed by atoms with van der Waals surface area (Å²) in [6.45, 7) is 2.09. The average Bonchev–Trinajstić information content (AvgIpc) is 2.81. The molecule has 3 heteroatoms. The van der Waals surface area contributed by atoms with E-state index in [4.69, 9.17) is 5.73 Å². The summed E-state index contributed by atoms with van der Waals surface area (Å²) in [7, 11) is 0. The number of aliphatic imine (C=N–C) groups is 2. The Morgan fingerprint density at radius 1 is 0.758 bits per heavy atom. The first-order valence-corrected chi connectivity index (χ1v) is 11.1. The van der Waals surface area contributed by atoms with Gasteiger partial charge in [-0.2, -0.15) is 0 Å². The van der Waals surface area contributed by atoms with Crippen molar-refractivity contribution >= 4 is 22.8 Å². The van der Waals surface area contributed by atoms with Gasteiger partial charge in [-0.15, -0.1) is 0 Å². The Morgan fingerprint density at radius 3 is 2.21 bits per heavy atom. The van der Waals surface area contributed by atoms with Gasteiger partial charge in [0.05, 0.1) is 5.69 Å². The smallest absolute Gasteiger partial charge is 0.150 e. The van der Waals surface area contributed by atoms with Crippen LogP contribution in [0.2, 0.25) is 0 Å². The summed E-state index contributed by atoms with van der Waals surface area (Å²) < 4.78 is 0. The summed E-state index contributed by atoms with van der Waals surface area (Å²) in [6, 6.07) is 35.6. The quantitative estimate of drug-likeness (QED) is 0.269. The molecule has 0 spiro atoms. The van der Waals surface area contributed by atoms with Gasteiger partial charge in [0.15, 0.2) is 5.84 Å². The fourth-order valence-corrected chi connectivity index (χ4v) is 4.11. The number of benzene rings is 4. The Morgan fingerprint density at radius 2 is 1.45 bits per heavy atom. The normalized spacial score (nSPS) is 13.2. The Kier molecular flexibility index (Phi) is 5.69. The number of rotatable bonds is 6. The molecule has 0 amide bonds. The summed E-state index contributed by atoms with van der Waals surface area (Å²) in [5.74, 6) is 0.436. The predicted molar refractivity (Wildman–Crippen MR) is 139 cm³/mol. The summed E-state index contributed by atoms with van der Waals surface area (Å²) in [5.41, 5.74) is 16.2. The minimum absolute atomic E-state index is 0.436.